The second kappa shape index (κ2) is 19.3. The third kappa shape index (κ3) is 9.30. The van der Waals surface area contributed by atoms with Crippen LogP contribution >= 0.6 is 0 Å². The van der Waals surface area contributed by atoms with E-state index in [-0.39, 0.29) is 34.9 Å². The molecule has 54 heavy (non-hydrogen) atoms. The molecule has 5 aliphatic carbocycles. The first kappa shape index (κ1) is 40.0. The van der Waals surface area contributed by atoms with Gasteiger partial charge < -0.3 is 5.32 Å². The summed E-state index contributed by atoms with van der Waals surface area (Å²) in [7, 11) is 3.17. The van der Waals surface area contributed by atoms with Crippen molar-refractivity contribution >= 4 is 24.0 Å². The molecule has 5 aliphatic rings. The highest BCUT2D eigenvalue weighted by Crippen LogP contribution is 2.42. The minimum Gasteiger partial charge on any atom is -0.368 e. The van der Waals surface area contributed by atoms with Gasteiger partial charge in [0.05, 0.1) is 5.52 Å². The maximum Gasteiger partial charge on any atom is 0.332 e. The topological polar surface area (TPSA) is 78.0 Å². The molecule has 5 saturated carbocycles. The molecule has 0 amide bonds. The molecule has 0 saturated heterocycles. The van der Waals surface area contributed by atoms with E-state index in [4.69, 9.17) is 0 Å². The zero-order chi connectivity index (χ0) is 37.4. The van der Waals surface area contributed by atoms with Gasteiger partial charge in [-0.25, -0.2) is 4.79 Å². The quantitative estimate of drug-likeness (QED) is 0.287. The molecular formula is C46H75BN4O3. The summed E-state index contributed by atoms with van der Waals surface area (Å²) < 4.78 is 5.43. The van der Waals surface area contributed by atoms with Gasteiger partial charge in [0.25, 0.3) is 11.1 Å². The Hall–Kier alpha value is -2.25. The summed E-state index contributed by atoms with van der Waals surface area (Å²) in [5.41, 5.74) is 0.772. The predicted molar refractivity (Wildman–Crippen MR) is 228 cm³/mol. The first-order chi connectivity index (χ1) is 26.4. The summed E-state index contributed by atoms with van der Waals surface area (Å²) in [6.07, 6.45) is 36.7. The Morgan fingerprint density at radius 3 is 1.59 bits per heavy atom. The van der Waals surface area contributed by atoms with Crippen LogP contribution in [0.5, 0.6) is 0 Å². The van der Waals surface area contributed by atoms with Gasteiger partial charge in [-0.3, -0.25) is 23.3 Å². The molecule has 0 radical (unpaired) electrons. The molecular weight excluding hydrogens is 667 g/mol. The van der Waals surface area contributed by atoms with E-state index in [2.05, 4.69) is 5.32 Å². The van der Waals surface area contributed by atoms with Gasteiger partial charge >= 0.3 is 5.69 Å². The van der Waals surface area contributed by atoms with Crippen molar-refractivity contribution in [2.75, 3.05) is 5.32 Å². The number of pyridine rings is 1. The van der Waals surface area contributed by atoms with Crippen LogP contribution < -0.4 is 22.1 Å². The molecule has 5 fully saturated rings. The highest BCUT2D eigenvalue weighted by molar-refractivity contribution is 6.39. The first-order valence-corrected chi connectivity index (χ1v) is 23.6. The van der Waals surface area contributed by atoms with Crippen LogP contribution in [0.25, 0.3) is 10.9 Å². The molecule has 300 valence electrons. The third-order valence-electron chi connectivity index (χ3n) is 15.5. The lowest BCUT2D eigenvalue weighted by atomic mass is 9.49. The van der Waals surface area contributed by atoms with Crippen molar-refractivity contribution in [2.24, 2.45) is 18.9 Å². The van der Waals surface area contributed by atoms with E-state index in [9.17, 15) is 4.79 Å². The van der Waals surface area contributed by atoms with Gasteiger partial charge in [-0.2, -0.15) is 0 Å². The van der Waals surface area contributed by atoms with Crippen molar-refractivity contribution in [1.29, 1.82) is 0 Å². The minimum absolute atomic E-state index is 0.00718. The molecule has 0 bridgehead atoms. The number of nitrogens with zero attached hydrogens (tertiary/aromatic N) is 3. The molecule has 0 aliphatic heterocycles. The van der Waals surface area contributed by atoms with E-state index in [0.29, 0.717) is 28.1 Å². The summed E-state index contributed by atoms with van der Waals surface area (Å²) in [4.78, 5) is 44.3. The molecule has 2 atom stereocenters. The lowest BCUT2D eigenvalue weighted by Gasteiger charge is -2.32. The van der Waals surface area contributed by atoms with Crippen LogP contribution in [-0.2, 0) is 7.05 Å². The molecule has 2 aromatic heterocycles. The van der Waals surface area contributed by atoms with E-state index < -0.39 is 0 Å². The third-order valence-corrected chi connectivity index (χ3v) is 15.5. The van der Waals surface area contributed by atoms with Crippen LogP contribution in [0.15, 0.2) is 14.4 Å². The molecule has 2 unspecified atom stereocenters. The van der Waals surface area contributed by atoms with Crippen molar-refractivity contribution in [1.82, 2.24) is 13.7 Å². The maximum absolute atomic E-state index is 15.1. The molecule has 7 nitrogen and oxygen atoms in total. The SMILES string of the molecule is Cc1c(=O)n(C)c(NC2CCCCCCC2)c2c(=O)n(C3CCCCCCC3)c(=O)n(C3CCCCC(BC4CCCC(C5CCCC5)CCC4)CC3)c12. The Labute approximate surface area is 327 Å². The van der Waals surface area contributed by atoms with Crippen molar-refractivity contribution in [3.63, 3.8) is 0 Å². The van der Waals surface area contributed by atoms with E-state index in [1.54, 1.807) is 9.13 Å². The number of hydrogen-bond donors (Lipinski definition) is 1. The number of anilines is 1. The zero-order valence-electron chi connectivity index (χ0n) is 34.5. The predicted octanol–water partition coefficient (Wildman–Crippen LogP) is 11.0. The van der Waals surface area contributed by atoms with Crippen molar-refractivity contribution in [3.05, 3.63) is 36.8 Å². The van der Waals surface area contributed by atoms with E-state index in [1.807, 2.05) is 18.5 Å². The summed E-state index contributed by atoms with van der Waals surface area (Å²) >= 11 is 0. The van der Waals surface area contributed by atoms with E-state index in [1.165, 1.54) is 123 Å². The van der Waals surface area contributed by atoms with Crippen molar-refractivity contribution in [2.45, 2.75) is 229 Å². The largest absolute Gasteiger partial charge is 0.368 e. The van der Waals surface area contributed by atoms with Crippen molar-refractivity contribution < 1.29 is 0 Å². The Kier molecular flexibility index (Phi) is 14.3. The normalized spacial score (nSPS) is 28.2. The Bertz CT molecular complexity index is 1680. The van der Waals surface area contributed by atoms with Crippen LogP contribution in [0, 0.1) is 18.8 Å². The zero-order valence-corrected chi connectivity index (χ0v) is 34.5. The summed E-state index contributed by atoms with van der Waals surface area (Å²) in [5, 5.41) is 4.39. The van der Waals surface area contributed by atoms with Crippen LogP contribution in [0.1, 0.15) is 210 Å². The highest BCUT2D eigenvalue weighted by atomic mass is 16.2. The number of fused-ring (bicyclic) bond motifs is 1. The van der Waals surface area contributed by atoms with Crippen LogP contribution in [0.4, 0.5) is 5.82 Å². The Morgan fingerprint density at radius 2 is 0.963 bits per heavy atom. The fourth-order valence-electron chi connectivity index (χ4n) is 12.4. The monoisotopic (exact) mass is 743 g/mol. The van der Waals surface area contributed by atoms with Gasteiger partial charge in [0, 0.05) is 30.7 Å². The van der Waals surface area contributed by atoms with E-state index in [0.717, 1.165) is 94.7 Å². The number of aryl methyl sites for hydroxylation is 1. The number of aromatic nitrogens is 3. The van der Waals surface area contributed by atoms with Gasteiger partial charge in [-0.05, 0) is 57.3 Å². The minimum atomic E-state index is -0.174. The van der Waals surface area contributed by atoms with Crippen LogP contribution in [-0.4, -0.2) is 27.0 Å². The summed E-state index contributed by atoms with van der Waals surface area (Å²) in [6.45, 7) is 1.87. The molecule has 0 spiro atoms. The lowest BCUT2D eigenvalue weighted by Crippen LogP contribution is -2.45. The molecule has 0 aromatic carbocycles. The summed E-state index contributed by atoms with van der Waals surface area (Å²) in [5.74, 6) is 4.19. The van der Waals surface area contributed by atoms with E-state index >= 15 is 9.59 Å². The Morgan fingerprint density at radius 1 is 0.500 bits per heavy atom. The van der Waals surface area contributed by atoms with Gasteiger partial charge in [0.2, 0.25) is 0 Å². The molecule has 2 aromatic rings. The number of nitrogens with one attached hydrogen (secondary N) is 1. The van der Waals surface area contributed by atoms with Gasteiger partial charge in [0.15, 0.2) is 0 Å². The smallest absolute Gasteiger partial charge is 0.332 e. The molecule has 2 heterocycles. The number of rotatable bonds is 7. The second-order valence-electron chi connectivity index (χ2n) is 19.2. The maximum atomic E-state index is 15.1. The molecule has 7 rings (SSSR count). The van der Waals surface area contributed by atoms with Crippen molar-refractivity contribution in [3.8, 4) is 0 Å². The standard InChI is InChI=1S/C46H75BN4O3/c1-33-42-41(43(49(2)44(33)52)48-38-26-9-5-3-6-10-27-38)45(53)51(39-28-11-7-4-8-12-29-39)46(54)50(42)40-30-16-15-23-37(31-32-40)47-36-24-17-21-35(22-18-25-36)34-19-13-14-20-34/h34-40,47-48H,3-32H2,1-2H3. The van der Waals surface area contributed by atoms with Crippen LogP contribution in [0.2, 0.25) is 11.6 Å². The number of hydrogen-bond acceptors (Lipinski definition) is 4. The van der Waals surface area contributed by atoms with Crippen LogP contribution in [0.3, 0.4) is 0 Å². The second-order valence-corrected chi connectivity index (χ2v) is 19.2. The van der Waals surface area contributed by atoms with Gasteiger partial charge in [0.1, 0.15) is 18.5 Å². The van der Waals surface area contributed by atoms with Gasteiger partial charge in [-0.1, -0.05) is 166 Å². The lowest BCUT2D eigenvalue weighted by molar-refractivity contribution is 0.268. The average Bonchev–Trinajstić information content (AvgIpc) is 3.65. The van der Waals surface area contributed by atoms with Gasteiger partial charge in [-0.15, -0.1) is 0 Å². The fraction of sp³-hybridized carbons (Fsp3) is 0.848. The summed E-state index contributed by atoms with van der Waals surface area (Å²) in [6, 6.07) is 0.148. The highest BCUT2D eigenvalue weighted by Gasteiger charge is 2.32. The average molecular weight is 743 g/mol. The first-order valence-electron chi connectivity index (χ1n) is 23.6. The molecule has 8 heteroatoms. The Balaban J connectivity index is 1.21. The fourth-order valence-corrected chi connectivity index (χ4v) is 12.4. The molecule has 1 N–H and O–H groups in total.